The number of benzene rings is 2. The first-order chi connectivity index (χ1) is 11.7. The van der Waals surface area contributed by atoms with Gasteiger partial charge in [-0.25, -0.2) is 4.39 Å². The van der Waals surface area contributed by atoms with Crippen LogP contribution in [0.25, 0.3) is 0 Å². The van der Waals surface area contributed by atoms with E-state index in [0.717, 1.165) is 24.2 Å². The van der Waals surface area contributed by atoms with Crippen LogP contribution in [0, 0.1) is 5.82 Å². The highest BCUT2D eigenvalue weighted by Gasteiger charge is 2.16. The maximum Gasteiger partial charge on any atom is 0.161 e. The number of halogens is 1. The Morgan fingerprint density at radius 2 is 1.92 bits per heavy atom. The average molecular weight is 331 g/mol. The predicted molar refractivity (Wildman–Crippen MR) is 95.3 cm³/mol. The van der Waals surface area contributed by atoms with Crippen molar-refractivity contribution in [2.45, 2.75) is 32.1 Å². The largest absolute Gasteiger partial charge is 0.493 e. The minimum absolute atomic E-state index is 0.0666. The summed E-state index contributed by atoms with van der Waals surface area (Å²) in [5, 5.41) is 0. The molecule has 2 aromatic rings. The quantitative estimate of drug-likeness (QED) is 0.697. The average Bonchev–Trinajstić information content (AvgIpc) is 2.61. The van der Waals surface area contributed by atoms with Crippen LogP contribution in [0.5, 0.6) is 11.5 Å². The Bertz CT molecular complexity index is 645. The van der Waals surface area contributed by atoms with Gasteiger partial charge in [-0.2, -0.15) is 0 Å². The highest BCUT2D eigenvalue weighted by Crippen LogP contribution is 2.31. The molecule has 2 N–H and O–H groups in total. The predicted octanol–water partition coefficient (Wildman–Crippen LogP) is 4.30. The Kier molecular flexibility index (Phi) is 7.07. The Morgan fingerprint density at radius 3 is 2.58 bits per heavy atom. The van der Waals surface area contributed by atoms with E-state index in [4.69, 9.17) is 15.2 Å². The van der Waals surface area contributed by atoms with Gasteiger partial charge in [0, 0.05) is 5.92 Å². The van der Waals surface area contributed by atoms with E-state index in [1.165, 1.54) is 6.07 Å². The van der Waals surface area contributed by atoms with Crippen molar-refractivity contribution >= 4 is 0 Å². The molecule has 2 aromatic carbocycles. The normalized spacial score (nSPS) is 12.0. The summed E-state index contributed by atoms with van der Waals surface area (Å²) >= 11 is 0. The molecular weight excluding hydrogens is 305 g/mol. The van der Waals surface area contributed by atoms with Gasteiger partial charge in [0.1, 0.15) is 5.82 Å². The third-order valence-electron chi connectivity index (χ3n) is 4.10. The number of unbranched alkanes of at least 4 members (excludes halogenated alkanes) is 1. The number of nitrogens with two attached hydrogens (primary N) is 1. The van der Waals surface area contributed by atoms with E-state index in [9.17, 15) is 4.39 Å². The zero-order chi connectivity index (χ0) is 17.4. The van der Waals surface area contributed by atoms with Crippen LogP contribution in [-0.4, -0.2) is 20.3 Å². The molecule has 0 aliphatic carbocycles. The molecule has 0 aliphatic rings. The summed E-state index contributed by atoms with van der Waals surface area (Å²) in [7, 11) is 1.63. The first kappa shape index (κ1) is 18.3. The van der Waals surface area contributed by atoms with Crippen LogP contribution < -0.4 is 15.2 Å². The molecule has 0 saturated carbocycles. The van der Waals surface area contributed by atoms with Crippen molar-refractivity contribution in [1.29, 1.82) is 0 Å². The molecule has 0 aliphatic heterocycles. The van der Waals surface area contributed by atoms with Crippen molar-refractivity contribution in [2.24, 2.45) is 5.73 Å². The van der Waals surface area contributed by atoms with Crippen molar-refractivity contribution in [3.8, 4) is 11.5 Å². The van der Waals surface area contributed by atoms with E-state index in [0.29, 0.717) is 30.9 Å². The standard InChI is InChI=1S/C20H26FNO2/c1-3-4-11-24-20-13-15(9-10-19(20)23-2)12-16(14-22)17-7-5-6-8-18(17)21/h5-10,13,16H,3-4,11-12,14,22H2,1-2H3. The van der Waals surface area contributed by atoms with E-state index in [2.05, 4.69) is 6.92 Å². The third-order valence-corrected chi connectivity index (χ3v) is 4.10. The monoisotopic (exact) mass is 331 g/mol. The van der Waals surface area contributed by atoms with Gasteiger partial charge in [-0.3, -0.25) is 0 Å². The van der Waals surface area contributed by atoms with E-state index in [-0.39, 0.29) is 11.7 Å². The van der Waals surface area contributed by atoms with E-state index in [1.807, 2.05) is 24.3 Å². The lowest BCUT2D eigenvalue weighted by atomic mass is 9.91. The Balaban J connectivity index is 2.18. The van der Waals surface area contributed by atoms with Gasteiger partial charge in [-0.15, -0.1) is 0 Å². The zero-order valence-electron chi connectivity index (χ0n) is 14.4. The second-order valence-corrected chi connectivity index (χ2v) is 5.85. The van der Waals surface area contributed by atoms with Gasteiger partial charge in [-0.05, 0) is 48.7 Å². The molecule has 2 rings (SSSR count). The van der Waals surface area contributed by atoms with Crippen LogP contribution in [0.15, 0.2) is 42.5 Å². The Hall–Kier alpha value is -2.07. The fourth-order valence-corrected chi connectivity index (χ4v) is 2.70. The topological polar surface area (TPSA) is 44.5 Å². The molecule has 0 fully saturated rings. The molecule has 1 unspecified atom stereocenters. The van der Waals surface area contributed by atoms with Crippen LogP contribution in [0.3, 0.4) is 0 Å². The highest BCUT2D eigenvalue weighted by atomic mass is 19.1. The summed E-state index contributed by atoms with van der Waals surface area (Å²) in [5.74, 6) is 1.17. The molecule has 0 heterocycles. The minimum Gasteiger partial charge on any atom is -0.493 e. The third kappa shape index (κ3) is 4.71. The van der Waals surface area contributed by atoms with Crippen molar-refractivity contribution < 1.29 is 13.9 Å². The molecular formula is C20H26FNO2. The highest BCUT2D eigenvalue weighted by molar-refractivity contribution is 5.43. The van der Waals surface area contributed by atoms with Crippen LogP contribution in [-0.2, 0) is 6.42 Å². The summed E-state index contributed by atoms with van der Waals surface area (Å²) in [6, 6.07) is 12.7. The lowest BCUT2D eigenvalue weighted by Crippen LogP contribution is -2.16. The summed E-state index contributed by atoms with van der Waals surface area (Å²) in [5.41, 5.74) is 7.60. The summed E-state index contributed by atoms with van der Waals surface area (Å²) in [6.45, 7) is 3.17. The van der Waals surface area contributed by atoms with Gasteiger partial charge >= 0.3 is 0 Å². The first-order valence-corrected chi connectivity index (χ1v) is 8.43. The van der Waals surface area contributed by atoms with Gasteiger partial charge in [-0.1, -0.05) is 37.6 Å². The second kappa shape index (κ2) is 9.28. The lowest BCUT2D eigenvalue weighted by molar-refractivity contribution is 0.288. The summed E-state index contributed by atoms with van der Waals surface area (Å²) < 4.78 is 25.2. The van der Waals surface area contributed by atoms with Crippen LogP contribution in [0.1, 0.15) is 36.8 Å². The number of methoxy groups -OCH3 is 1. The molecule has 4 heteroatoms. The molecule has 0 saturated heterocycles. The molecule has 0 bridgehead atoms. The molecule has 0 spiro atoms. The molecule has 1 atom stereocenters. The SMILES string of the molecule is CCCCOc1cc(CC(CN)c2ccccc2F)ccc1OC. The van der Waals surface area contributed by atoms with E-state index < -0.39 is 0 Å². The number of hydrogen-bond acceptors (Lipinski definition) is 3. The smallest absolute Gasteiger partial charge is 0.161 e. The van der Waals surface area contributed by atoms with Gasteiger partial charge < -0.3 is 15.2 Å². The van der Waals surface area contributed by atoms with Crippen LogP contribution in [0.4, 0.5) is 4.39 Å². The molecule has 3 nitrogen and oxygen atoms in total. The maximum absolute atomic E-state index is 14.0. The number of rotatable bonds is 9. The molecule has 130 valence electrons. The summed E-state index contributed by atoms with van der Waals surface area (Å²) in [4.78, 5) is 0. The Morgan fingerprint density at radius 1 is 1.12 bits per heavy atom. The van der Waals surface area contributed by atoms with Crippen LogP contribution in [0.2, 0.25) is 0 Å². The van der Waals surface area contributed by atoms with Crippen molar-refractivity contribution in [3.63, 3.8) is 0 Å². The second-order valence-electron chi connectivity index (χ2n) is 5.85. The fraction of sp³-hybridized carbons (Fsp3) is 0.400. The van der Waals surface area contributed by atoms with E-state index in [1.54, 1.807) is 19.2 Å². The van der Waals surface area contributed by atoms with Crippen molar-refractivity contribution in [2.75, 3.05) is 20.3 Å². The van der Waals surface area contributed by atoms with Crippen molar-refractivity contribution in [3.05, 3.63) is 59.4 Å². The van der Waals surface area contributed by atoms with Gasteiger partial charge in [0.25, 0.3) is 0 Å². The first-order valence-electron chi connectivity index (χ1n) is 8.43. The van der Waals surface area contributed by atoms with Crippen LogP contribution >= 0.6 is 0 Å². The molecule has 0 radical (unpaired) electrons. The Labute approximate surface area is 143 Å². The molecule has 0 aromatic heterocycles. The number of ether oxygens (including phenoxy) is 2. The number of hydrogen-bond donors (Lipinski definition) is 1. The van der Waals surface area contributed by atoms with E-state index >= 15 is 0 Å². The fourth-order valence-electron chi connectivity index (χ4n) is 2.70. The minimum atomic E-state index is -0.208. The zero-order valence-corrected chi connectivity index (χ0v) is 14.4. The molecule has 0 amide bonds. The van der Waals surface area contributed by atoms with Gasteiger partial charge in [0.05, 0.1) is 13.7 Å². The summed E-state index contributed by atoms with van der Waals surface area (Å²) in [6.07, 6.45) is 2.73. The van der Waals surface area contributed by atoms with Gasteiger partial charge in [0.15, 0.2) is 11.5 Å². The molecule has 24 heavy (non-hydrogen) atoms. The lowest BCUT2D eigenvalue weighted by Gasteiger charge is -2.18. The maximum atomic E-state index is 14.0. The van der Waals surface area contributed by atoms with Crippen molar-refractivity contribution in [1.82, 2.24) is 0 Å². The van der Waals surface area contributed by atoms with Gasteiger partial charge in [0.2, 0.25) is 0 Å².